The van der Waals surface area contributed by atoms with Crippen molar-refractivity contribution in [3.05, 3.63) is 11.8 Å². The fourth-order valence-corrected chi connectivity index (χ4v) is 3.42. The molecule has 3 heteroatoms. The van der Waals surface area contributed by atoms with Gasteiger partial charge < -0.3 is 9.64 Å². The standard InChI is InChI=1S/C13H19NO2/c1-2-9-8-14-6-4-3-5-11(14)13-10(9)7-12(15)16-13/h8,10-11,13H,2-7H2,1H3/t10-,11-,13-/m1/s1. The van der Waals surface area contributed by atoms with Crippen LogP contribution in [-0.2, 0) is 9.53 Å². The van der Waals surface area contributed by atoms with Crippen molar-refractivity contribution in [1.82, 2.24) is 4.90 Å². The summed E-state index contributed by atoms with van der Waals surface area (Å²) < 4.78 is 5.55. The lowest BCUT2D eigenvalue weighted by molar-refractivity contribution is -0.144. The largest absolute Gasteiger partial charge is 0.459 e. The van der Waals surface area contributed by atoms with Gasteiger partial charge in [0.1, 0.15) is 6.10 Å². The number of carbonyl (C=O) groups is 1. The topological polar surface area (TPSA) is 29.5 Å². The summed E-state index contributed by atoms with van der Waals surface area (Å²) in [4.78, 5) is 13.9. The van der Waals surface area contributed by atoms with Crippen molar-refractivity contribution in [3.63, 3.8) is 0 Å². The van der Waals surface area contributed by atoms with Crippen LogP contribution in [0.4, 0.5) is 0 Å². The van der Waals surface area contributed by atoms with Crippen LogP contribution in [0.3, 0.4) is 0 Å². The van der Waals surface area contributed by atoms with E-state index in [0.29, 0.717) is 18.4 Å². The molecule has 0 unspecified atom stereocenters. The molecule has 88 valence electrons. The number of nitrogens with zero attached hydrogens (tertiary/aromatic N) is 1. The van der Waals surface area contributed by atoms with E-state index >= 15 is 0 Å². The SMILES string of the molecule is CCC1=CN2CCCC[C@@H]2[C@@H]2OC(=O)C[C@H]12. The molecular weight excluding hydrogens is 202 g/mol. The molecule has 3 nitrogen and oxygen atoms in total. The second-order valence-corrected chi connectivity index (χ2v) is 5.12. The van der Waals surface area contributed by atoms with Crippen molar-refractivity contribution in [2.45, 2.75) is 51.2 Å². The Bertz CT molecular complexity index is 337. The molecule has 2 fully saturated rings. The maximum absolute atomic E-state index is 11.5. The summed E-state index contributed by atoms with van der Waals surface area (Å²) in [5, 5.41) is 0. The Labute approximate surface area is 96.4 Å². The second kappa shape index (κ2) is 3.79. The Hall–Kier alpha value is -0.990. The molecule has 3 aliphatic heterocycles. The van der Waals surface area contributed by atoms with Crippen LogP contribution >= 0.6 is 0 Å². The number of piperidine rings is 1. The molecule has 0 bridgehead atoms. The highest BCUT2D eigenvalue weighted by Crippen LogP contribution is 2.40. The first-order chi connectivity index (χ1) is 7.79. The van der Waals surface area contributed by atoms with Crippen LogP contribution in [0.25, 0.3) is 0 Å². The van der Waals surface area contributed by atoms with Gasteiger partial charge in [0.15, 0.2) is 0 Å². The van der Waals surface area contributed by atoms with Crippen molar-refractivity contribution in [2.24, 2.45) is 5.92 Å². The van der Waals surface area contributed by atoms with Gasteiger partial charge in [-0.25, -0.2) is 0 Å². The molecule has 3 rings (SSSR count). The highest BCUT2D eigenvalue weighted by atomic mass is 16.6. The van der Waals surface area contributed by atoms with E-state index in [9.17, 15) is 4.79 Å². The smallest absolute Gasteiger partial charge is 0.306 e. The van der Waals surface area contributed by atoms with Gasteiger partial charge in [-0.2, -0.15) is 0 Å². The number of rotatable bonds is 1. The summed E-state index contributed by atoms with van der Waals surface area (Å²) in [5.74, 6) is 0.374. The molecule has 0 aromatic rings. The van der Waals surface area contributed by atoms with Crippen LogP contribution in [0, 0.1) is 5.92 Å². The van der Waals surface area contributed by atoms with E-state index in [2.05, 4.69) is 18.0 Å². The number of fused-ring (bicyclic) bond motifs is 3. The Morgan fingerprint density at radius 1 is 1.50 bits per heavy atom. The zero-order chi connectivity index (χ0) is 11.1. The van der Waals surface area contributed by atoms with Gasteiger partial charge in [0, 0.05) is 12.5 Å². The molecule has 0 spiro atoms. The summed E-state index contributed by atoms with van der Waals surface area (Å²) in [5.41, 5.74) is 1.41. The van der Waals surface area contributed by atoms with E-state index in [1.54, 1.807) is 0 Å². The molecule has 0 amide bonds. The van der Waals surface area contributed by atoms with Gasteiger partial charge in [-0.3, -0.25) is 4.79 Å². The van der Waals surface area contributed by atoms with E-state index in [1.165, 1.54) is 24.8 Å². The fourth-order valence-electron chi connectivity index (χ4n) is 3.42. The van der Waals surface area contributed by atoms with Crippen molar-refractivity contribution in [2.75, 3.05) is 6.54 Å². The molecule has 0 aliphatic carbocycles. The molecule has 3 atom stereocenters. The quantitative estimate of drug-likeness (QED) is 0.635. The minimum Gasteiger partial charge on any atom is -0.459 e. The van der Waals surface area contributed by atoms with E-state index in [0.717, 1.165) is 13.0 Å². The van der Waals surface area contributed by atoms with E-state index in [1.807, 2.05) is 0 Å². The van der Waals surface area contributed by atoms with E-state index in [4.69, 9.17) is 4.74 Å². The fraction of sp³-hybridized carbons (Fsp3) is 0.769. The van der Waals surface area contributed by atoms with Crippen LogP contribution in [0.1, 0.15) is 39.0 Å². The van der Waals surface area contributed by atoms with Crippen molar-refractivity contribution in [1.29, 1.82) is 0 Å². The summed E-state index contributed by atoms with van der Waals surface area (Å²) in [6.45, 7) is 3.31. The number of hydrogen-bond acceptors (Lipinski definition) is 3. The Balaban J connectivity index is 1.92. The van der Waals surface area contributed by atoms with Gasteiger partial charge in [0.05, 0.1) is 12.5 Å². The summed E-state index contributed by atoms with van der Waals surface area (Å²) in [6.07, 6.45) is 7.84. The number of carbonyl (C=O) groups excluding carboxylic acids is 1. The Kier molecular flexibility index (Phi) is 2.41. The van der Waals surface area contributed by atoms with Crippen LogP contribution in [0.5, 0.6) is 0 Å². The molecule has 0 saturated carbocycles. The number of hydrogen-bond donors (Lipinski definition) is 0. The van der Waals surface area contributed by atoms with Gasteiger partial charge in [0.2, 0.25) is 0 Å². The third-order valence-corrected chi connectivity index (χ3v) is 4.24. The average molecular weight is 221 g/mol. The number of ether oxygens (including phenoxy) is 1. The van der Waals surface area contributed by atoms with Gasteiger partial charge in [-0.15, -0.1) is 0 Å². The summed E-state index contributed by atoms with van der Waals surface area (Å²) in [7, 11) is 0. The molecule has 0 N–H and O–H groups in total. The monoisotopic (exact) mass is 221 g/mol. The minimum atomic E-state index is 0.00164. The summed E-state index contributed by atoms with van der Waals surface area (Å²) >= 11 is 0. The molecule has 3 heterocycles. The highest BCUT2D eigenvalue weighted by Gasteiger charge is 2.46. The van der Waals surface area contributed by atoms with Crippen LogP contribution in [0.2, 0.25) is 0 Å². The Morgan fingerprint density at radius 3 is 3.19 bits per heavy atom. The number of esters is 1. The van der Waals surface area contributed by atoms with Crippen molar-refractivity contribution >= 4 is 5.97 Å². The first-order valence-corrected chi connectivity index (χ1v) is 6.45. The molecule has 16 heavy (non-hydrogen) atoms. The highest BCUT2D eigenvalue weighted by molar-refractivity contribution is 5.73. The lowest BCUT2D eigenvalue weighted by atomic mass is 9.81. The zero-order valence-corrected chi connectivity index (χ0v) is 9.82. The van der Waals surface area contributed by atoms with Crippen LogP contribution in [-0.4, -0.2) is 29.6 Å². The van der Waals surface area contributed by atoms with Gasteiger partial charge >= 0.3 is 5.97 Å². The average Bonchev–Trinajstić information content (AvgIpc) is 2.69. The minimum absolute atomic E-state index is 0.00164. The third kappa shape index (κ3) is 1.45. The van der Waals surface area contributed by atoms with Crippen LogP contribution in [0.15, 0.2) is 11.8 Å². The normalized spacial score (nSPS) is 37.6. The van der Waals surface area contributed by atoms with Crippen molar-refractivity contribution in [3.8, 4) is 0 Å². The molecule has 0 aromatic carbocycles. The zero-order valence-electron chi connectivity index (χ0n) is 9.82. The predicted octanol–water partition coefficient (Wildman–Crippen LogP) is 2.08. The van der Waals surface area contributed by atoms with Crippen molar-refractivity contribution < 1.29 is 9.53 Å². The lowest BCUT2D eigenvalue weighted by Gasteiger charge is -2.44. The second-order valence-electron chi connectivity index (χ2n) is 5.12. The first kappa shape index (κ1) is 10.2. The molecule has 3 aliphatic rings. The van der Waals surface area contributed by atoms with Crippen LogP contribution < -0.4 is 0 Å². The van der Waals surface area contributed by atoms with Gasteiger partial charge in [-0.05, 0) is 37.5 Å². The molecule has 0 aromatic heterocycles. The predicted molar refractivity (Wildman–Crippen MR) is 60.7 cm³/mol. The Morgan fingerprint density at radius 2 is 2.38 bits per heavy atom. The molecule has 2 saturated heterocycles. The van der Waals surface area contributed by atoms with E-state index in [-0.39, 0.29) is 12.1 Å². The summed E-state index contributed by atoms with van der Waals surface area (Å²) in [6, 6.07) is 0.459. The lowest BCUT2D eigenvalue weighted by Crippen LogP contribution is -2.49. The van der Waals surface area contributed by atoms with Gasteiger partial charge in [-0.1, -0.05) is 6.92 Å². The maximum atomic E-state index is 11.5. The molecule has 0 radical (unpaired) electrons. The maximum Gasteiger partial charge on any atom is 0.306 e. The third-order valence-electron chi connectivity index (χ3n) is 4.24. The first-order valence-electron chi connectivity index (χ1n) is 6.45. The van der Waals surface area contributed by atoms with Gasteiger partial charge in [0.25, 0.3) is 0 Å². The molecular formula is C13H19NO2. The van der Waals surface area contributed by atoms with E-state index < -0.39 is 0 Å².